The summed E-state index contributed by atoms with van der Waals surface area (Å²) in [6.07, 6.45) is -8.60. The van der Waals surface area contributed by atoms with Gasteiger partial charge in [-0.3, -0.25) is 0 Å². The van der Waals surface area contributed by atoms with Crippen LogP contribution in [-0.2, 0) is 26.8 Å². The SMILES string of the molecule is CCS(=O)(=O)c1c(C#N)nn(-c2cc3c(cc2Cl)C(F)(F)OC3(F)F)c1N. The average Bonchev–Trinajstić information content (AvgIpc) is 2.98. The van der Waals surface area contributed by atoms with Crippen molar-refractivity contribution < 1.29 is 30.7 Å². The zero-order valence-corrected chi connectivity index (χ0v) is 14.9. The predicted molar refractivity (Wildman–Crippen MR) is 84.3 cm³/mol. The number of alkyl halides is 4. The van der Waals surface area contributed by atoms with Crippen LogP contribution in [0.15, 0.2) is 17.0 Å². The maximum Gasteiger partial charge on any atom is 0.388 e. The number of rotatable bonds is 3. The molecule has 1 aliphatic rings. The summed E-state index contributed by atoms with van der Waals surface area (Å²) in [4.78, 5) is -0.600. The number of halogens is 5. The molecule has 0 aliphatic carbocycles. The van der Waals surface area contributed by atoms with Gasteiger partial charge in [-0.2, -0.15) is 27.9 Å². The number of sulfone groups is 1. The summed E-state index contributed by atoms with van der Waals surface area (Å²) in [7, 11) is -3.99. The van der Waals surface area contributed by atoms with Gasteiger partial charge in [0.1, 0.15) is 16.8 Å². The second-order valence-electron chi connectivity index (χ2n) is 5.47. The minimum Gasteiger partial charge on any atom is -0.382 e. The van der Waals surface area contributed by atoms with Gasteiger partial charge in [0.25, 0.3) is 0 Å². The summed E-state index contributed by atoms with van der Waals surface area (Å²) in [6, 6.07) is 2.65. The van der Waals surface area contributed by atoms with E-state index in [4.69, 9.17) is 22.6 Å². The molecular weight excluding hydrogens is 416 g/mol. The van der Waals surface area contributed by atoms with Crippen molar-refractivity contribution >= 4 is 27.3 Å². The molecule has 144 valence electrons. The molecule has 2 N–H and O–H groups in total. The Morgan fingerprint density at radius 2 is 1.85 bits per heavy atom. The van der Waals surface area contributed by atoms with Crippen molar-refractivity contribution in [2.75, 3.05) is 11.5 Å². The van der Waals surface area contributed by atoms with Gasteiger partial charge >= 0.3 is 12.2 Å². The fourth-order valence-corrected chi connectivity index (χ4v) is 3.92. The Hall–Kier alpha value is -2.36. The van der Waals surface area contributed by atoms with E-state index >= 15 is 0 Å². The van der Waals surface area contributed by atoms with E-state index in [1.807, 2.05) is 0 Å². The minimum absolute atomic E-state index is 0.409. The zero-order chi connectivity index (χ0) is 20.4. The highest BCUT2D eigenvalue weighted by molar-refractivity contribution is 7.91. The number of nitrogen functional groups attached to an aromatic ring is 1. The monoisotopic (exact) mass is 424 g/mol. The average molecular weight is 425 g/mol. The molecule has 0 unspecified atom stereocenters. The van der Waals surface area contributed by atoms with E-state index in [0.717, 1.165) is 0 Å². The molecule has 7 nitrogen and oxygen atoms in total. The second-order valence-corrected chi connectivity index (χ2v) is 8.10. The number of nitrogens with two attached hydrogens (primary N) is 1. The van der Waals surface area contributed by atoms with Crippen LogP contribution < -0.4 is 5.73 Å². The molecule has 0 amide bonds. The van der Waals surface area contributed by atoms with Gasteiger partial charge in [0, 0.05) is 0 Å². The van der Waals surface area contributed by atoms with Crippen molar-refractivity contribution in [3.05, 3.63) is 34.0 Å². The lowest BCUT2D eigenvalue weighted by molar-refractivity contribution is -0.369. The topological polar surface area (TPSA) is 111 Å². The molecule has 1 aliphatic heterocycles. The van der Waals surface area contributed by atoms with Crippen LogP contribution in [0.2, 0.25) is 5.02 Å². The highest BCUT2D eigenvalue weighted by Crippen LogP contribution is 2.52. The Morgan fingerprint density at radius 3 is 2.37 bits per heavy atom. The maximum absolute atomic E-state index is 13.8. The number of nitrogens with zero attached hydrogens (tertiary/aromatic N) is 3. The van der Waals surface area contributed by atoms with Gasteiger partial charge in [-0.1, -0.05) is 18.5 Å². The third-order valence-electron chi connectivity index (χ3n) is 3.87. The molecule has 0 atom stereocenters. The fourth-order valence-electron chi connectivity index (χ4n) is 2.60. The van der Waals surface area contributed by atoms with E-state index < -0.39 is 66.1 Å². The third kappa shape index (κ3) is 2.82. The van der Waals surface area contributed by atoms with Crippen molar-refractivity contribution in [1.29, 1.82) is 5.26 Å². The van der Waals surface area contributed by atoms with Crippen molar-refractivity contribution in [3.63, 3.8) is 0 Å². The Kier molecular flexibility index (Phi) is 4.18. The molecular formula is C14H9ClF4N4O3S. The smallest absolute Gasteiger partial charge is 0.382 e. The first-order chi connectivity index (χ1) is 12.4. The summed E-state index contributed by atoms with van der Waals surface area (Å²) in [5, 5.41) is 12.3. The molecule has 0 saturated heterocycles. The Morgan fingerprint density at radius 1 is 1.30 bits per heavy atom. The fraction of sp³-hybridized carbons (Fsp3) is 0.286. The molecule has 0 fully saturated rings. The van der Waals surface area contributed by atoms with Crippen LogP contribution in [0.5, 0.6) is 0 Å². The summed E-state index contributed by atoms with van der Waals surface area (Å²) >= 11 is 5.91. The highest BCUT2D eigenvalue weighted by Gasteiger charge is 2.57. The molecule has 2 aromatic rings. The van der Waals surface area contributed by atoms with Crippen LogP contribution in [0.3, 0.4) is 0 Å². The number of benzene rings is 1. The van der Waals surface area contributed by atoms with E-state index in [-0.39, 0.29) is 0 Å². The molecule has 0 bridgehead atoms. The lowest BCUT2D eigenvalue weighted by Gasteiger charge is -2.11. The normalized spacial score (nSPS) is 17.5. The van der Waals surface area contributed by atoms with Gasteiger partial charge in [-0.15, -0.1) is 0 Å². The van der Waals surface area contributed by atoms with Crippen LogP contribution >= 0.6 is 11.6 Å². The molecule has 0 spiro atoms. The van der Waals surface area contributed by atoms with E-state index in [0.29, 0.717) is 16.8 Å². The summed E-state index contributed by atoms with van der Waals surface area (Å²) in [5.41, 5.74) is 2.43. The lowest BCUT2D eigenvalue weighted by atomic mass is 10.1. The van der Waals surface area contributed by atoms with Crippen molar-refractivity contribution in [3.8, 4) is 11.8 Å². The Labute approximate surface area is 154 Å². The minimum atomic E-state index is -4.32. The van der Waals surface area contributed by atoms with Gasteiger partial charge < -0.3 is 5.73 Å². The van der Waals surface area contributed by atoms with Crippen molar-refractivity contribution in [1.82, 2.24) is 9.78 Å². The number of anilines is 1. The molecule has 0 saturated carbocycles. The van der Waals surface area contributed by atoms with Crippen molar-refractivity contribution in [2.24, 2.45) is 0 Å². The maximum atomic E-state index is 13.8. The Bertz CT molecular complexity index is 1110. The first-order valence-electron chi connectivity index (χ1n) is 7.17. The standard InChI is InChI=1S/C14H9ClF4N4O3S/c1-2-27(24,25)11-9(5-20)22-23(12(11)21)10-4-7-6(3-8(10)15)13(16,17)26-14(7,18)19/h3-4H,2,21H2,1H3. The first-order valence-corrected chi connectivity index (χ1v) is 9.20. The quantitative estimate of drug-likeness (QED) is 0.758. The van der Waals surface area contributed by atoms with E-state index in [2.05, 4.69) is 9.84 Å². The van der Waals surface area contributed by atoms with Gasteiger partial charge in [0.2, 0.25) is 0 Å². The van der Waals surface area contributed by atoms with E-state index in [1.165, 1.54) is 6.92 Å². The third-order valence-corrected chi connectivity index (χ3v) is 5.96. The van der Waals surface area contributed by atoms with Crippen LogP contribution in [0.25, 0.3) is 5.69 Å². The largest absolute Gasteiger partial charge is 0.388 e. The summed E-state index contributed by atoms with van der Waals surface area (Å²) in [6.45, 7) is 1.30. The summed E-state index contributed by atoms with van der Waals surface area (Å²) < 4.78 is 83.2. The molecule has 2 heterocycles. The van der Waals surface area contributed by atoms with Crippen LogP contribution in [0, 0.1) is 11.3 Å². The summed E-state index contributed by atoms with van der Waals surface area (Å²) in [5.74, 6) is -0.975. The van der Waals surface area contributed by atoms with Crippen LogP contribution in [-0.4, -0.2) is 24.0 Å². The highest BCUT2D eigenvalue weighted by atomic mass is 35.5. The molecule has 27 heavy (non-hydrogen) atoms. The molecule has 1 aromatic heterocycles. The number of fused-ring (bicyclic) bond motifs is 1. The number of nitriles is 1. The molecule has 1 aromatic carbocycles. The van der Waals surface area contributed by atoms with Gasteiger partial charge in [-0.25, -0.2) is 17.8 Å². The second kappa shape index (κ2) is 5.82. The lowest BCUT2D eigenvalue weighted by Crippen LogP contribution is -2.17. The van der Waals surface area contributed by atoms with Gasteiger partial charge in [0.15, 0.2) is 15.5 Å². The predicted octanol–water partition coefficient (Wildman–Crippen LogP) is 2.90. The molecule has 0 radical (unpaired) electrons. The Balaban J connectivity index is 2.31. The van der Waals surface area contributed by atoms with Gasteiger partial charge in [-0.05, 0) is 12.1 Å². The molecule has 13 heteroatoms. The molecule has 3 rings (SSSR count). The number of hydrogen-bond donors (Lipinski definition) is 1. The zero-order valence-electron chi connectivity index (χ0n) is 13.3. The number of ether oxygens (including phenoxy) is 1. The van der Waals surface area contributed by atoms with Crippen LogP contribution in [0.1, 0.15) is 23.7 Å². The van der Waals surface area contributed by atoms with Crippen LogP contribution in [0.4, 0.5) is 23.4 Å². The first kappa shape index (κ1) is 19.4. The van der Waals surface area contributed by atoms with Gasteiger partial charge in [0.05, 0.1) is 27.6 Å². The number of hydrogen-bond acceptors (Lipinski definition) is 6. The van der Waals surface area contributed by atoms with Crippen molar-refractivity contribution in [2.45, 2.75) is 24.0 Å². The van der Waals surface area contributed by atoms with E-state index in [1.54, 1.807) is 6.07 Å². The van der Waals surface area contributed by atoms with E-state index in [9.17, 15) is 26.0 Å². The number of aromatic nitrogens is 2.